The Morgan fingerprint density at radius 2 is 1.58 bits per heavy atom. The SMILES string of the molecule is CC1=CC[C@H]2[C@H](CC[C@]2(C)O)C(C)(C)C1CC[C@H]1[C@]2(C)CC[C@@H](O)O[C@H]2CC[C@@]1(C)O. The van der Waals surface area contributed by atoms with E-state index in [2.05, 4.69) is 33.8 Å². The predicted molar refractivity (Wildman–Crippen MR) is 123 cm³/mol. The second-order valence-electron chi connectivity index (χ2n) is 12.8. The van der Waals surface area contributed by atoms with Crippen LogP contribution in [0.25, 0.3) is 0 Å². The molecule has 0 radical (unpaired) electrons. The van der Waals surface area contributed by atoms with Crippen LogP contribution in [0, 0.1) is 34.5 Å². The van der Waals surface area contributed by atoms with E-state index >= 15 is 0 Å². The van der Waals surface area contributed by atoms with Crippen LogP contribution in [0.3, 0.4) is 0 Å². The first-order valence-corrected chi connectivity index (χ1v) is 12.7. The number of ether oxygens (including phenoxy) is 1. The van der Waals surface area contributed by atoms with Crippen LogP contribution in [0.2, 0.25) is 0 Å². The minimum atomic E-state index is -0.692. The standard InChI is InChI=1S/C27H46O4/c1-17-7-8-20-19(11-15-26(20,5)29)24(2,3)18(17)9-10-21-25(4)14-13-23(28)31-22(25)12-16-27(21,6)30/h7,18-23,28-30H,8-16H2,1-6H3/t18?,19-,20-,21-,22-,23-,25-,26-,27+/m0/s1. The Morgan fingerprint density at radius 3 is 2.29 bits per heavy atom. The van der Waals surface area contributed by atoms with Gasteiger partial charge in [-0.2, -0.15) is 0 Å². The van der Waals surface area contributed by atoms with E-state index in [0.717, 1.165) is 51.4 Å². The van der Waals surface area contributed by atoms with E-state index in [1.54, 1.807) is 0 Å². The molecule has 1 aliphatic heterocycles. The van der Waals surface area contributed by atoms with Gasteiger partial charge in [-0.05, 0) is 113 Å². The number of fused-ring (bicyclic) bond motifs is 2. The number of aliphatic hydroxyl groups excluding tert-OH is 1. The monoisotopic (exact) mass is 434 g/mol. The molecule has 1 saturated heterocycles. The molecule has 31 heavy (non-hydrogen) atoms. The summed E-state index contributed by atoms with van der Waals surface area (Å²) in [6, 6.07) is 0. The number of hydrogen-bond acceptors (Lipinski definition) is 4. The maximum atomic E-state index is 11.4. The highest BCUT2D eigenvalue weighted by Gasteiger charge is 2.57. The van der Waals surface area contributed by atoms with Crippen molar-refractivity contribution in [2.45, 2.75) is 123 Å². The number of allylic oxidation sites excluding steroid dienone is 2. The van der Waals surface area contributed by atoms with Gasteiger partial charge in [0.15, 0.2) is 6.29 Å². The molecule has 4 aliphatic rings. The van der Waals surface area contributed by atoms with Crippen molar-refractivity contribution in [2.24, 2.45) is 34.5 Å². The zero-order chi connectivity index (χ0) is 22.8. The van der Waals surface area contributed by atoms with Crippen molar-refractivity contribution in [3.8, 4) is 0 Å². The van der Waals surface area contributed by atoms with Crippen LogP contribution in [0.15, 0.2) is 11.6 Å². The fourth-order valence-electron chi connectivity index (χ4n) is 8.56. The van der Waals surface area contributed by atoms with Crippen LogP contribution >= 0.6 is 0 Å². The Hall–Kier alpha value is -0.420. The van der Waals surface area contributed by atoms with Gasteiger partial charge in [-0.15, -0.1) is 0 Å². The molecule has 178 valence electrons. The highest BCUT2D eigenvalue weighted by molar-refractivity contribution is 5.17. The normalized spacial score (nSPS) is 52.1. The number of rotatable bonds is 3. The summed E-state index contributed by atoms with van der Waals surface area (Å²) in [6.45, 7) is 13.5. The predicted octanol–water partition coefficient (Wildman–Crippen LogP) is 5.20. The van der Waals surface area contributed by atoms with E-state index in [4.69, 9.17) is 4.74 Å². The molecule has 0 aromatic rings. The maximum absolute atomic E-state index is 11.4. The molecule has 0 aromatic carbocycles. The molecule has 0 bridgehead atoms. The van der Waals surface area contributed by atoms with Crippen LogP contribution in [-0.2, 0) is 4.74 Å². The van der Waals surface area contributed by atoms with Crippen molar-refractivity contribution in [1.82, 2.24) is 0 Å². The van der Waals surface area contributed by atoms with E-state index in [9.17, 15) is 15.3 Å². The molecule has 4 heteroatoms. The Bertz CT molecular complexity index is 708. The van der Waals surface area contributed by atoms with Gasteiger partial charge in [0, 0.05) is 0 Å². The lowest BCUT2D eigenvalue weighted by atomic mass is 9.54. The van der Waals surface area contributed by atoms with E-state index in [1.807, 2.05) is 13.8 Å². The van der Waals surface area contributed by atoms with Crippen molar-refractivity contribution in [1.29, 1.82) is 0 Å². The molecular formula is C27H46O4. The fraction of sp³-hybridized carbons (Fsp3) is 0.926. The summed E-state index contributed by atoms with van der Waals surface area (Å²) < 4.78 is 5.98. The molecule has 0 aromatic heterocycles. The summed E-state index contributed by atoms with van der Waals surface area (Å²) in [7, 11) is 0. The van der Waals surface area contributed by atoms with Gasteiger partial charge in [0.05, 0.1) is 17.3 Å². The third kappa shape index (κ3) is 3.94. The number of hydrogen-bond donors (Lipinski definition) is 3. The summed E-state index contributed by atoms with van der Waals surface area (Å²) >= 11 is 0. The van der Waals surface area contributed by atoms with Gasteiger partial charge in [0.2, 0.25) is 0 Å². The Morgan fingerprint density at radius 1 is 0.903 bits per heavy atom. The lowest BCUT2D eigenvalue weighted by molar-refractivity contribution is -0.258. The van der Waals surface area contributed by atoms with Crippen LogP contribution in [0.1, 0.15) is 99.3 Å². The van der Waals surface area contributed by atoms with Crippen LogP contribution in [-0.4, -0.2) is 38.9 Å². The largest absolute Gasteiger partial charge is 0.390 e. The third-order valence-corrected chi connectivity index (χ3v) is 10.5. The minimum Gasteiger partial charge on any atom is -0.390 e. The fourth-order valence-corrected chi connectivity index (χ4v) is 8.56. The van der Waals surface area contributed by atoms with Crippen molar-refractivity contribution in [2.75, 3.05) is 0 Å². The van der Waals surface area contributed by atoms with Crippen LogP contribution in [0.5, 0.6) is 0 Å². The van der Waals surface area contributed by atoms with Gasteiger partial charge in [-0.25, -0.2) is 0 Å². The van der Waals surface area contributed by atoms with Crippen molar-refractivity contribution >= 4 is 0 Å². The molecule has 1 heterocycles. The third-order valence-electron chi connectivity index (χ3n) is 10.5. The van der Waals surface area contributed by atoms with Crippen LogP contribution in [0.4, 0.5) is 0 Å². The summed E-state index contributed by atoms with van der Waals surface area (Å²) in [5, 5.41) is 32.5. The highest BCUT2D eigenvalue weighted by atomic mass is 16.6. The first-order valence-electron chi connectivity index (χ1n) is 12.7. The molecule has 4 nitrogen and oxygen atoms in total. The van der Waals surface area contributed by atoms with E-state index < -0.39 is 17.5 Å². The zero-order valence-electron chi connectivity index (χ0n) is 20.7. The molecule has 2 saturated carbocycles. The summed E-state index contributed by atoms with van der Waals surface area (Å²) in [4.78, 5) is 0. The second kappa shape index (κ2) is 7.82. The van der Waals surface area contributed by atoms with Crippen molar-refractivity contribution in [3.63, 3.8) is 0 Å². The second-order valence-corrected chi connectivity index (χ2v) is 12.8. The molecular weight excluding hydrogens is 388 g/mol. The summed E-state index contributed by atoms with van der Waals surface area (Å²) in [5.41, 5.74) is 0.252. The lowest BCUT2D eigenvalue weighted by Gasteiger charge is -2.57. The van der Waals surface area contributed by atoms with Gasteiger partial charge < -0.3 is 20.1 Å². The van der Waals surface area contributed by atoms with E-state index in [1.165, 1.54) is 5.57 Å². The van der Waals surface area contributed by atoms with Gasteiger partial charge in [-0.1, -0.05) is 32.4 Å². The number of aliphatic hydroxyl groups is 3. The van der Waals surface area contributed by atoms with Gasteiger partial charge in [0.25, 0.3) is 0 Å². The molecule has 3 N–H and O–H groups in total. The molecule has 3 aliphatic carbocycles. The van der Waals surface area contributed by atoms with Crippen molar-refractivity contribution < 1.29 is 20.1 Å². The molecule has 0 amide bonds. The Balaban J connectivity index is 1.57. The Labute approximate surface area is 189 Å². The van der Waals surface area contributed by atoms with E-state index in [-0.39, 0.29) is 22.9 Å². The topological polar surface area (TPSA) is 69.9 Å². The average molecular weight is 435 g/mol. The smallest absolute Gasteiger partial charge is 0.154 e. The molecule has 4 rings (SSSR count). The van der Waals surface area contributed by atoms with Crippen molar-refractivity contribution in [3.05, 3.63) is 11.6 Å². The van der Waals surface area contributed by atoms with Crippen LogP contribution < -0.4 is 0 Å². The minimum absolute atomic E-state index is 0.0366. The first-order chi connectivity index (χ1) is 14.3. The summed E-state index contributed by atoms with van der Waals surface area (Å²) in [5.74, 6) is 1.51. The molecule has 3 fully saturated rings. The van der Waals surface area contributed by atoms with E-state index in [0.29, 0.717) is 24.2 Å². The zero-order valence-corrected chi connectivity index (χ0v) is 20.7. The molecule has 1 unspecified atom stereocenters. The quantitative estimate of drug-likeness (QED) is 0.534. The maximum Gasteiger partial charge on any atom is 0.154 e. The Kier molecular flexibility index (Phi) is 5.99. The van der Waals surface area contributed by atoms with Gasteiger partial charge >= 0.3 is 0 Å². The first kappa shape index (κ1) is 23.7. The molecule has 9 atom stereocenters. The lowest BCUT2D eigenvalue weighted by Crippen LogP contribution is -2.58. The highest BCUT2D eigenvalue weighted by Crippen LogP contribution is 2.59. The summed E-state index contributed by atoms with van der Waals surface area (Å²) in [6.07, 6.45) is 9.95. The average Bonchev–Trinajstić information content (AvgIpc) is 2.92. The van der Waals surface area contributed by atoms with Gasteiger partial charge in [-0.3, -0.25) is 0 Å². The van der Waals surface area contributed by atoms with Gasteiger partial charge in [0.1, 0.15) is 0 Å². The molecule has 0 spiro atoms.